The number of aryl methyl sites for hydroxylation is 1. The summed E-state index contributed by atoms with van der Waals surface area (Å²) in [6, 6.07) is 14.3. The molecule has 1 aromatic heterocycles. The first kappa shape index (κ1) is 23.1. The number of carbonyl (C=O) groups is 1. The van der Waals surface area contributed by atoms with Gasteiger partial charge in [0.05, 0.1) is 12.3 Å². The summed E-state index contributed by atoms with van der Waals surface area (Å²) in [7, 11) is 0. The van der Waals surface area contributed by atoms with Crippen LogP contribution in [0.25, 0.3) is 11.3 Å². The van der Waals surface area contributed by atoms with E-state index in [0.717, 1.165) is 36.5 Å². The molecule has 0 bridgehead atoms. The lowest BCUT2D eigenvalue weighted by Gasteiger charge is -2.17. The van der Waals surface area contributed by atoms with Gasteiger partial charge in [-0.15, -0.1) is 0 Å². The molecule has 3 aromatic rings. The standard InChI is InChI=1S/C25H30ClN5O2/c1-2-31-23(12-13-27-31)22-18-21(29-25(32)28-20-8-6-19(26)7-9-20)10-11-24(22)33-17-5-16-30-14-3-4-15-30/h6-13,18H,2-5,14-17H2,1H3,(H2,28,29,32). The van der Waals surface area contributed by atoms with Crippen molar-refractivity contribution in [2.24, 2.45) is 0 Å². The van der Waals surface area contributed by atoms with E-state index in [2.05, 4.69) is 27.6 Å². The largest absolute Gasteiger partial charge is 0.493 e. The molecular formula is C25H30ClN5O2. The molecule has 0 radical (unpaired) electrons. The second-order valence-electron chi connectivity index (χ2n) is 8.08. The summed E-state index contributed by atoms with van der Waals surface area (Å²) < 4.78 is 8.10. The van der Waals surface area contributed by atoms with Gasteiger partial charge in [0.25, 0.3) is 0 Å². The van der Waals surface area contributed by atoms with Gasteiger partial charge in [0, 0.05) is 41.2 Å². The summed E-state index contributed by atoms with van der Waals surface area (Å²) in [5.74, 6) is 0.787. The van der Waals surface area contributed by atoms with Crippen LogP contribution in [0, 0.1) is 0 Å². The molecule has 0 saturated carbocycles. The third-order valence-corrected chi connectivity index (χ3v) is 5.96. The van der Waals surface area contributed by atoms with E-state index >= 15 is 0 Å². The number of nitrogens with zero attached hydrogens (tertiary/aromatic N) is 3. The molecule has 1 aliphatic heterocycles. The Labute approximate surface area is 199 Å². The first-order valence-electron chi connectivity index (χ1n) is 11.5. The molecular weight excluding hydrogens is 438 g/mol. The van der Waals surface area contributed by atoms with Crippen LogP contribution >= 0.6 is 11.6 Å². The summed E-state index contributed by atoms with van der Waals surface area (Å²) >= 11 is 5.91. The van der Waals surface area contributed by atoms with Crippen molar-refractivity contribution in [3.05, 3.63) is 59.8 Å². The maximum absolute atomic E-state index is 12.5. The first-order chi connectivity index (χ1) is 16.1. The molecule has 8 heteroatoms. The number of ether oxygens (including phenoxy) is 1. The quantitative estimate of drug-likeness (QED) is 0.394. The molecule has 2 aromatic carbocycles. The second-order valence-corrected chi connectivity index (χ2v) is 8.52. The number of nitrogens with one attached hydrogen (secondary N) is 2. The van der Waals surface area contributed by atoms with E-state index in [9.17, 15) is 4.79 Å². The number of hydrogen-bond acceptors (Lipinski definition) is 4. The minimum atomic E-state index is -0.327. The monoisotopic (exact) mass is 467 g/mol. The maximum Gasteiger partial charge on any atom is 0.323 e. The van der Waals surface area contributed by atoms with E-state index in [0.29, 0.717) is 23.0 Å². The number of benzene rings is 2. The Balaban J connectivity index is 1.46. The van der Waals surface area contributed by atoms with Crippen LogP contribution in [0.5, 0.6) is 5.75 Å². The number of halogens is 1. The van der Waals surface area contributed by atoms with Gasteiger partial charge in [-0.2, -0.15) is 5.10 Å². The maximum atomic E-state index is 12.5. The van der Waals surface area contributed by atoms with Crippen LogP contribution < -0.4 is 15.4 Å². The third-order valence-electron chi connectivity index (χ3n) is 5.71. The van der Waals surface area contributed by atoms with Crippen molar-refractivity contribution in [2.75, 3.05) is 36.9 Å². The molecule has 2 N–H and O–H groups in total. The number of hydrogen-bond donors (Lipinski definition) is 2. The minimum Gasteiger partial charge on any atom is -0.493 e. The van der Waals surface area contributed by atoms with E-state index in [1.54, 1.807) is 30.5 Å². The van der Waals surface area contributed by atoms with E-state index in [1.807, 2.05) is 28.9 Å². The smallest absolute Gasteiger partial charge is 0.323 e. The van der Waals surface area contributed by atoms with Crippen molar-refractivity contribution >= 4 is 29.0 Å². The lowest BCUT2D eigenvalue weighted by molar-refractivity contribution is 0.262. The molecule has 1 aliphatic rings. The SMILES string of the molecule is CCn1nccc1-c1cc(NC(=O)Nc2ccc(Cl)cc2)ccc1OCCCN1CCCC1. The number of likely N-dealkylation sites (tertiary alicyclic amines) is 1. The first-order valence-corrected chi connectivity index (χ1v) is 11.8. The van der Waals surface area contributed by atoms with Crippen molar-refractivity contribution < 1.29 is 9.53 Å². The third kappa shape index (κ3) is 6.27. The van der Waals surface area contributed by atoms with Crippen LogP contribution in [-0.2, 0) is 6.54 Å². The van der Waals surface area contributed by atoms with Crippen LogP contribution in [0.3, 0.4) is 0 Å². The number of amides is 2. The van der Waals surface area contributed by atoms with Crippen LogP contribution in [-0.4, -0.2) is 47.0 Å². The highest BCUT2D eigenvalue weighted by molar-refractivity contribution is 6.30. The number of urea groups is 1. The normalized spacial score (nSPS) is 13.8. The predicted octanol–water partition coefficient (Wildman–Crippen LogP) is 5.73. The minimum absolute atomic E-state index is 0.327. The van der Waals surface area contributed by atoms with Gasteiger partial charge in [-0.3, -0.25) is 4.68 Å². The molecule has 4 rings (SSSR count). The molecule has 0 unspecified atom stereocenters. The highest BCUT2D eigenvalue weighted by Gasteiger charge is 2.15. The molecule has 0 spiro atoms. The van der Waals surface area contributed by atoms with Gasteiger partial charge >= 0.3 is 6.03 Å². The summed E-state index contributed by atoms with van der Waals surface area (Å²) in [6.45, 7) is 6.89. The van der Waals surface area contributed by atoms with Gasteiger partial charge in [-0.25, -0.2) is 4.79 Å². The van der Waals surface area contributed by atoms with Gasteiger partial charge in [0.1, 0.15) is 5.75 Å². The molecule has 2 heterocycles. The molecule has 7 nitrogen and oxygen atoms in total. The Morgan fingerprint density at radius 2 is 1.79 bits per heavy atom. The van der Waals surface area contributed by atoms with Crippen molar-refractivity contribution in [3.63, 3.8) is 0 Å². The van der Waals surface area contributed by atoms with E-state index in [4.69, 9.17) is 16.3 Å². The Morgan fingerprint density at radius 1 is 1.06 bits per heavy atom. The summed E-state index contributed by atoms with van der Waals surface area (Å²) in [4.78, 5) is 15.0. The van der Waals surface area contributed by atoms with Gasteiger partial charge in [0.2, 0.25) is 0 Å². The number of aromatic nitrogens is 2. The Morgan fingerprint density at radius 3 is 2.55 bits per heavy atom. The van der Waals surface area contributed by atoms with Gasteiger partial charge in [-0.05, 0) is 87.8 Å². The zero-order valence-electron chi connectivity index (χ0n) is 18.9. The summed E-state index contributed by atoms with van der Waals surface area (Å²) in [6.07, 6.45) is 5.36. The van der Waals surface area contributed by atoms with Crippen LogP contribution in [0.4, 0.5) is 16.2 Å². The fourth-order valence-corrected chi connectivity index (χ4v) is 4.18. The van der Waals surface area contributed by atoms with E-state index < -0.39 is 0 Å². The van der Waals surface area contributed by atoms with Gasteiger partial charge < -0.3 is 20.3 Å². The van der Waals surface area contributed by atoms with Crippen molar-refractivity contribution in [2.45, 2.75) is 32.7 Å². The number of anilines is 2. The molecule has 174 valence electrons. The van der Waals surface area contributed by atoms with Gasteiger partial charge in [-0.1, -0.05) is 11.6 Å². The zero-order valence-corrected chi connectivity index (χ0v) is 19.6. The summed E-state index contributed by atoms with van der Waals surface area (Å²) in [5.41, 5.74) is 3.19. The average molecular weight is 468 g/mol. The highest BCUT2D eigenvalue weighted by atomic mass is 35.5. The Bertz CT molecular complexity index is 1060. The average Bonchev–Trinajstić information content (AvgIpc) is 3.51. The van der Waals surface area contributed by atoms with Gasteiger partial charge in [0.15, 0.2) is 0 Å². The molecule has 33 heavy (non-hydrogen) atoms. The Hall–Kier alpha value is -3.03. The molecule has 0 aliphatic carbocycles. The zero-order chi connectivity index (χ0) is 23.0. The second kappa shape index (κ2) is 11.2. The topological polar surface area (TPSA) is 71.4 Å². The molecule has 1 fully saturated rings. The van der Waals surface area contributed by atoms with Crippen LogP contribution in [0.1, 0.15) is 26.2 Å². The predicted molar refractivity (Wildman–Crippen MR) is 133 cm³/mol. The van der Waals surface area contributed by atoms with E-state index in [-0.39, 0.29) is 6.03 Å². The van der Waals surface area contributed by atoms with Crippen molar-refractivity contribution in [1.82, 2.24) is 14.7 Å². The van der Waals surface area contributed by atoms with Crippen molar-refractivity contribution in [1.29, 1.82) is 0 Å². The number of rotatable bonds is 9. The lowest BCUT2D eigenvalue weighted by Crippen LogP contribution is -2.22. The fraction of sp³-hybridized carbons (Fsp3) is 0.360. The fourth-order valence-electron chi connectivity index (χ4n) is 4.05. The molecule has 0 atom stereocenters. The van der Waals surface area contributed by atoms with E-state index in [1.165, 1.54) is 25.9 Å². The Kier molecular flexibility index (Phi) is 7.86. The summed E-state index contributed by atoms with van der Waals surface area (Å²) in [5, 5.41) is 10.7. The number of carbonyl (C=O) groups excluding carboxylic acids is 1. The molecule has 2 amide bonds. The van der Waals surface area contributed by atoms with Crippen LogP contribution in [0.15, 0.2) is 54.7 Å². The van der Waals surface area contributed by atoms with Crippen molar-refractivity contribution in [3.8, 4) is 17.0 Å². The lowest BCUT2D eigenvalue weighted by atomic mass is 10.1. The molecule has 1 saturated heterocycles. The van der Waals surface area contributed by atoms with Crippen LogP contribution in [0.2, 0.25) is 5.02 Å². The highest BCUT2D eigenvalue weighted by Crippen LogP contribution is 2.33.